The Kier molecular flexibility index (Phi) is 5.87. The zero-order valence-electron chi connectivity index (χ0n) is 16.7. The van der Waals surface area contributed by atoms with Crippen LogP contribution in [0.15, 0.2) is 91.0 Å². The van der Waals surface area contributed by atoms with Gasteiger partial charge in [-0.2, -0.15) is 0 Å². The first-order valence-corrected chi connectivity index (χ1v) is 10.2. The maximum atomic E-state index is 13.0. The number of anilines is 1. The Hall–Kier alpha value is -3.17. The topological polar surface area (TPSA) is 32.3 Å². The second-order valence-electron chi connectivity index (χ2n) is 7.42. The number of carbonyl (C=O) groups excluding carboxylic acids is 1. The molecule has 4 rings (SSSR count). The number of nitrogens with zero attached hydrogens (tertiary/aromatic N) is 1. The molecule has 0 fully saturated rings. The summed E-state index contributed by atoms with van der Waals surface area (Å²) in [5.74, 6) is 0.0324. The van der Waals surface area contributed by atoms with Gasteiger partial charge < -0.3 is 5.32 Å². The standard InChI is InChI=1S/C26H26N2O/c1-20(28-18-16-22(17-19-28)21-10-4-2-5-11-21)26(29)27-25-15-9-8-14-24(25)23-12-6-3-7-13-23/h2-16,20H,17-19H2,1H3,(H,27,29)/t20-/m0/s1. The number of rotatable bonds is 5. The summed E-state index contributed by atoms with van der Waals surface area (Å²) < 4.78 is 0. The molecule has 1 atom stereocenters. The first-order chi connectivity index (χ1) is 14.2. The average molecular weight is 383 g/mol. The summed E-state index contributed by atoms with van der Waals surface area (Å²) in [6, 6.07) is 28.4. The molecule has 0 unspecified atom stereocenters. The van der Waals surface area contributed by atoms with E-state index in [1.54, 1.807) is 0 Å². The van der Waals surface area contributed by atoms with Crippen molar-refractivity contribution in [1.29, 1.82) is 0 Å². The molecule has 0 aliphatic carbocycles. The van der Waals surface area contributed by atoms with Crippen molar-refractivity contribution in [3.8, 4) is 11.1 Å². The highest BCUT2D eigenvalue weighted by Crippen LogP contribution is 2.28. The highest BCUT2D eigenvalue weighted by atomic mass is 16.2. The summed E-state index contributed by atoms with van der Waals surface area (Å²) in [5.41, 5.74) is 5.64. The number of hydrogen-bond acceptors (Lipinski definition) is 2. The first kappa shape index (κ1) is 19.2. The van der Waals surface area contributed by atoms with Crippen LogP contribution in [0.5, 0.6) is 0 Å². The van der Waals surface area contributed by atoms with Crippen molar-refractivity contribution in [2.45, 2.75) is 19.4 Å². The van der Waals surface area contributed by atoms with E-state index in [1.165, 1.54) is 11.1 Å². The maximum absolute atomic E-state index is 13.0. The minimum atomic E-state index is -0.188. The molecule has 0 radical (unpaired) electrons. The Morgan fingerprint density at radius 3 is 2.14 bits per heavy atom. The lowest BCUT2D eigenvalue weighted by Gasteiger charge is -2.31. The van der Waals surface area contributed by atoms with Crippen LogP contribution in [0.4, 0.5) is 5.69 Å². The molecule has 1 N–H and O–H groups in total. The van der Waals surface area contributed by atoms with Gasteiger partial charge in [-0.25, -0.2) is 0 Å². The molecule has 0 aromatic heterocycles. The minimum Gasteiger partial charge on any atom is -0.324 e. The monoisotopic (exact) mass is 382 g/mol. The van der Waals surface area contributed by atoms with Crippen LogP contribution in [0.3, 0.4) is 0 Å². The molecule has 3 nitrogen and oxygen atoms in total. The van der Waals surface area contributed by atoms with Crippen molar-refractivity contribution in [2.75, 3.05) is 18.4 Å². The van der Waals surface area contributed by atoms with Crippen LogP contribution in [0.2, 0.25) is 0 Å². The largest absolute Gasteiger partial charge is 0.324 e. The fraction of sp³-hybridized carbons (Fsp3) is 0.192. The van der Waals surface area contributed by atoms with E-state index >= 15 is 0 Å². The van der Waals surface area contributed by atoms with Crippen LogP contribution < -0.4 is 5.32 Å². The van der Waals surface area contributed by atoms with E-state index in [9.17, 15) is 4.79 Å². The number of nitrogens with one attached hydrogen (secondary N) is 1. The summed E-state index contributed by atoms with van der Waals surface area (Å²) in [5, 5.41) is 3.15. The number of para-hydroxylation sites is 1. The molecule has 1 amide bonds. The molecule has 29 heavy (non-hydrogen) atoms. The van der Waals surface area contributed by atoms with Crippen LogP contribution in [-0.4, -0.2) is 29.9 Å². The number of benzene rings is 3. The molecule has 3 heteroatoms. The van der Waals surface area contributed by atoms with Crippen LogP contribution in [0.1, 0.15) is 18.9 Å². The van der Waals surface area contributed by atoms with Crippen LogP contribution in [-0.2, 0) is 4.79 Å². The number of carbonyl (C=O) groups is 1. The van der Waals surface area contributed by atoms with Gasteiger partial charge >= 0.3 is 0 Å². The third-order valence-corrected chi connectivity index (χ3v) is 5.58. The number of hydrogen-bond donors (Lipinski definition) is 1. The molecular formula is C26H26N2O. The van der Waals surface area contributed by atoms with Gasteiger partial charge in [-0.15, -0.1) is 0 Å². The molecule has 1 heterocycles. The van der Waals surface area contributed by atoms with Crippen molar-refractivity contribution in [3.63, 3.8) is 0 Å². The maximum Gasteiger partial charge on any atom is 0.241 e. The van der Waals surface area contributed by atoms with Gasteiger partial charge in [0.2, 0.25) is 5.91 Å². The molecule has 146 valence electrons. The molecule has 0 bridgehead atoms. The molecule has 1 aliphatic heterocycles. The molecule has 0 saturated heterocycles. The van der Waals surface area contributed by atoms with Gasteiger partial charge in [0.25, 0.3) is 0 Å². The fourth-order valence-corrected chi connectivity index (χ4v) is 3.82. The van der Waals surface area contributed by atoms with Gasteiger partial charge in [0.1, 0.15) is 0 Å². The Labute approximate surface area is 172 Å². The summed E-state index contributed by atoms with van der Waals surface area (Å²) >= 11 is 0. The second kappa shape index (κ2) is 8.89. The Morgan fingerprint density at radius 2 is 1.48 bits per heavy atom. The summed E-state index contributed by atoms with van der Waals surface area (Å²) in [6.45, 7) is 3.66. The Bertz CT molecular complexity index is 995. The molecular weight excluding hydrogens is 356 g/mol. The lowest BCUT2D eigenvalue weighted by atomic mass is 9.98. The van der Waals surface area contributed by atoms with Crippen molar-refractivity contribution < 1.29 is 4.79 Å². The lowest BCUT2D eigenvalue weighted by Crippen LogP contribution is -2.44. The fourth-order valence-electron chi connectivity index (χ4n) is 3.82. The van der Waals surface area contributed by atoms with Crippen molar-refractivity contribution in [1.82, 2.24) is 4.90 Å². The van der Waals surface area contributed by atoms with E-state index in [4.69, 9.17) is 0 Å². The highest BCUT2D eigenvalue weighted by Gasteiger charge is 2.24. The zero-order chi connectivity index (χ0) is 20.1. The van der Waals surface area contributed by atoms with E-state index in [2.05, 4.69) is 52.7 Å². The van der Waals surface area contributed by atoms with E-state index in [-0.39, 0.29) is 11.9 Å². The van der Waals surface area contributed by atoms with Gasteiger partial charge in [0.05, 0.1) is 6.04 Å². The van der Waals surface area contributed by atoms with E-state index < -0.39 is 0 Å². The zero-order valence-corrected chi connectivity index (χ0v) is 16.7. The third kappa shape index (κ3) is 4.47. The van der Waals surface area contributed by atoms with Crippen LogP contribution in [0, 0.1) is 0 Å². The Balaban J connectivity index is 1.44. The SMILES string of the molecule is C[C@@H](C(=O)Nc1ccccc1-c1ccccc1)N1CC=C(c2ccccc2)CC1. The highest BCUT2D eigenvalue weighted by molar-refractivity contribution is 5.98. The summed E-state index contributed by atoms with van der Waals surface area (Å²) in [4.78, 5) is 15.2. The molecule has 3 aromatic carbocycles. The molecule has 0 saturated carbocycles. The van der Waals surface area contributed by atoms with Crippen molar-refractivity contribution >= 4 is 17.2 Å². The first-order valence-electron chi connectivity index (χ1n) is 10.2. The van der Waals surface area contributed by atoms with Gasteiger partial charge in [0.15, 0.2) is 0 Å². The second-order valence-corrected chi connectivity index (χ2v) is 7.42. The minimum absolute atomic E-state index is 0.0324. The Morgan fingerprint density at radius 1 is 0.862 bits per heavy atom. The normalized spacial score (nSPS) is 15.4. The van der Waals surface area contributed by atoms with E-state index in [0.717, 1.165) is 36.3 Å². The van der Waals surface area contributed by atoms with Gasteiger partial charge in [-0.05, 0) is 36.1 Å². The summed E-state index contributed by atoms with van der Waals surface area (Å²) in [7, 11) is 0. The molecule has 1 aliphatic rings. The lowest BCUT2D eigenvalue weighted by molar-refractivity contribution is -0.120. The molecule has 0 spiro atoms. The third-order valence-electron chi connectivity index (χ3n) is 5.58. The average Bonchev–Trinajstić information content (AvgIpc) is 2.80. The van der Waals surface area contributed by atoms with Crippen LogP contribution in [0.25, 0.3) is 16.7 Å². The van der Waals surface area contributed by atoms with Crippen molar-refractivity contribution in [3.05, 3.63) is 96.6 Å². The number of amides is 1. The van der Waals surface area contributed by atoms with Crippen molar-refractivity contribution in [2.24, 2.45) is 0 Å². The van der Waals surface area contributed by atoms with E-state index in [0.29, 0.717) is 0 Å². The van der Waals surface area contributed by atoms with Gasteiger partial charge in [-0.1, -0.05) is 84.9 Å². The van der Waals surface area contributed by atoms with Crippen LogP contribution >= 0.6 is 0 Å². The van der Waals surface area contributed by atoms with Gasteiger partial charge in [-0.3, -0.25) is 9.69 Å². The summed E-state index contributed by atoms with van der Waals surface area (Å²) in [6.07, 6.45) is 3.21. The van der Waals surface area contributed by atoms with Gasteiger partial charge in [0, 0.05) is 24.3 Å². The smallest absolute Gasteiger partial charge is 0.241 e. The predicted octanol–water partition coefficient (Wildman–Crippen LogP) is 5.47. The van der Waals surface area contributed by atoms with E-state index in [1.807, 2.05) is 55.5 Å². The predicted molar refractivity (Wildman–Crippen MR) is 121 cm³/mol. The quantitative estimate of drug-likeness (QED) is 0.635. The molecule has 3 aromatic rings.